The van der Waals surface area contributed by atoms with Gasteiger partial charge in [-0.3, -0.25) is 19.5 Å². The van der Waals surface area contributed by atoms with Crippen LogP contribution in [0.4, 0.5) is 10.1 Å². The van der Waals surface area contributed by atoms with Crippen LogP contribution >= 0.6 is 0 Å². The first kappa shape index (κ1) is 22.4. The molecule has 0 radical (unpaired) electrons. The van der Waals surface area contributed by atoms with Crippen molar-refractivity contribution in [2.24, 2.45) is 0 Å². The van der Waals surface area contributed by atoms with Gasteiger partial charge in [0.2, 0.25) is 5.91 Å². The van der Waals surface area contributed by atoms with Crippen molar-refractivity contribution in [3.8, 4) is 5.75 Å². The SMILES string of the molecule is O=C(NC1CCCCC1)[C@@H](c1ccc(O)cc1)N(C(=O)c1cnccn1)c1cccc(F)c1. The molecule has 0 bridgehead atoms. The average molecular weight is 448 g/mol. The summed E-state index contributed by atoms with van der Waals surface area (Å²) < 4.78 is 14.2. The zero-order valence-electron chi connectivity index (χ0n) is 18.0. The largest absolute Gasteiger partial charge is 0.508 e. The normalized spacial score (nSPS) is 14.9. The summed E-state index contributed by atoms with van der Waals surface area (Å²) in [7, 11) is 0. The van der Waals surface area contributed by atoms with E-state index >= 15 is 0 Å². The summed E-state index contributed by atoms with van der Waals surface area (Å²) in [5.41, 5.74) is 0.709. The minimum atomic E-state index is -1.11. The maximum absolute atomic E-state index is 14.2. The van der Waals surface area contributed by atoms with Crippen molar-refractivity contribution in [3.63, 3.8) is 0 Å². The highest BCUT2D eigenvalue weighted by atomic mass is 19.1. The number of hydrogen-bond donors (Lipinski definition) is 2. The van der Waals surface area contributed by atoms with E-state index in [1.165, 1.54) is 53.8 Å². The number of phenols is 1. The molecule has 1 aliphatic carbocycles. The number of rotatable bonds is 6. The molecule has 0 saturated heterocycles. The van der Waals surface area contributed by atoms with Gasteiger partial charge in [-0.05, 0) is 48.7 Å². The van der Waals surface area contributed by atoms with E-state index in [0.717, 1.165) is 32.1 Å². The number of benzene rings is 2. The third-order valence-corrected chi connectivity index (χ3v) is 5.75. The number of aromatic nitrogens is 2. The maximum atomic E-state index is 14.2. The van der Waals surface area contributed by atoms with Gasteiger partial charge < -0.3 is 10.4 Å². The lowest BCUT2D eigenvalue weighted by molar-refractivity contribution is -0.123. The molecule has 1 aromatic heterocycles. The first-order valence-electron chi connectivity index (χ1n) is 11.0. The van der Waals surface area contributed by atoms with Gasteiger partial charge in [0.05, 0.1) is 6.20 Å². The molecule has 1 atom stereocenters. The smallest absolute Gasteiger partial charge is 0.279 e. The Hall–Kier alpha value is -3.81. The van der Waals surface area contributed by atoms with Crippen LogP contribution in [-0.4, -0.2) is 32.9 Å². The molecule has 1 saturated carbocycles. The highest BCUT2D eigenvalue weighted by molar-refractivity contribution is 6.09. The zero-order chi connectivity index (χ0) is 23.2. The highest BCUT2D eigenvalue weighted by Crippen LogP contribution is 2.31. The molecule has 1 aliphatic rings. The second-order valence-corrected chi connectivity index (χ2v) is 8.08. The van der Waals surface area contributed by atoms with E-state index in [1.54, 1.807) is 18.2 Å². The van der Waals surface area contributed by atoms with Crippen LogP contribution in [0.2, 0.25) is 0 Å². The average Bonchev–Trinajstić information content (AvgIpc) is 2.84. The number of halogens is 1. The first-order chi connectivity index (χ1) is 16.0. The maximum Gasteiger partial charge on any atom is 0.279 e. The molecule has 1 heterocycles. The number of anilines is 1. The third kappa shape index (κ3) is 5.34. The summed E-state index contributed by atoms with van der Waals surface area (Å²) in [6, 6.07) is 10.5. The van der Waals surface area contributed by atoms with E-state index in [0.29, 0.717) is 5.56 Å². The molecule has 0 aliphatic heterocycles. The Morgan fingerprint density at radius 2 is 1.82 bits per heavy atom. The van der Waals surface area contributed by atoms with E-state index in [4.69, 9.17) is 0 Å². The summed E-state index contributed by atoms with van der Waals surface area (Å²) in [5.74, 6) is -1.48. The Morgan fingerprint density at radius 1 is 1.06 bits per heavy atom. The Labute approximate surface area is 191 Å². The minimum absolute atomic E-state index is 0.00634. The molecule has 0 spiro atoms. The van der Waals surface area contributed by atoms with Crippen LogP contribution in [0, 0.1) is 5.82 Å². The Morgan fingerprint density at radius 3 is 2.48 bits per heavy atom. The minimum Gasteiger partial charge on any atom is -0.508 e. The second kappa shape index (κ2) is 10.2. The van der Waals surface area contributed by atoms with Gasteiger partial charge >= 0.3 is 0 Å². The molecule has 2 aromatic carbocycles. The van der Waals surface area contributed by atoms with Gasteiger partial charge in [-0.25, -0.2) is 9.37 Å². The van der Waals surface area contributed by atoms with Gasteiger partial charge in [-0.15, -0.1) is 0 Å². The van der Waals surface area contributed by atoms with E-state index in [2.05, 4.69) is 15.3 Å². The lowest BCUT2D eigenvalue weighted by Crippen LogP contribution is -2.47. The van der Waals surface area contributed by atoms with Crippen molar-refractivity contribution in [2.45, 2.75) is 44.2 Å². The van der Waals surface area contributed by atoms with Crippen molar-refractivity contribution < 1.29 is 19.1 Å². The molecule has 7 nitrogen and oxygen atoms in total. The van der Waals surface area contributed by atoms with Gasteiger partial charge in [-0.1, -0.05) is 37.5 Å². The summed E-state index contributed by atoms with van der Waals surface area (Å²) in [5, 5.41) is 12.8. The standard InChI is InChI=1S/C25H25FN4O3/c26-18-5-4-8-20(15-18)30(25(33)22-16-27-13-14-28-22)23(17-9-11-21(31)12-10-17)24(32)29-19-6-2-1-3-7-19/h4-5,8-16,19,23,31H,1-3,6-7H2,(H,29,32)/t23-/m1/s1. The predicted molar refractivity (Wildman–Crippen MR) is 121 cm³/mol. The molecule has 2 amide bonds. The van der Waals surface area contributed by atoms with Crippen LogP contribution in [0.15, 0.2) is 67.1 Å². The van der Waals surface area contributed by atoms with Gasteiger partial charge in [0.1, 0.15) is 23.3 Å². The fourth-order valence-electron chi connectivity index (χ4n) is 4.14. The number of phenolic OH excluding ortho intramolecular Hbond substituents is 1. The van der Waals surface area contributed by atoms with Gasteiger partial charge in [0.15, 0.2) is 0 Å². The van der Waals surface area contributed by atoms with Crippen LogP contribution in [0.25, 0.3) is 0 Å². The van der Waals surface area contributed by atoms with E-state index in [1.807, 2.05) is 0 Å². The lowest BCUT2D eigenvalue weighted by Gasteiger charge is -2.33. The summed E-state index contributed by atoms with van der Waals surface area (Å²) >= 11 is 0. The van der Waals surface area contributed by atoms with Crippen LogP contribution in [0.3, 0.4) is 0 Å². The molecule has 2 N–H and O–H groups in total. The van der Waals surface area contributed by atoms with Crippen LogP contribution in [-0.2, 0) is 4.79 Å². The molecule has 8 heteroatoms. The van der Waals surface area contributed by atoms with Gasteiger partial charge in [-0.2, -0.15) is 0 Å². The van der Waals surface area contributed by atoms with E-state index in [-0.39, 0.29) is 29.1 Å². The summed E-state index contributed by atoms with van der Waals surface area (Å²) in [6.07, 6.45) is 9.06. The lowest BCUT2D eigenvalue weighted by atomic mass is 9.94. The van der Waals surface area contributed by atoms with Crippen molar-refractivity contribution in [1.82, 2.24) is 15.3 Å². The van der Waals surface area contributed by atoms with Crippen LogP contribution in [0.1, 0.15) is 54.2 Å². The summed E-state index contributed by atoms with van der Waals surface area (Å²) in [4.78, 5) is 36.5. The second-order valence-electron chi connectivity index (χ2n) is 8.08. The Kier molecular flexibility index (Phi) is 6.92. The molecule has 1 fully saturated rings. The zero-order valence-corrected chi connectivity index (χ0v) is 18.0. The van der Waals surface area contributed by atoms with Crippen LogP contribution in [0.5, 0.6) is 5.75 Å². The fraction of sp³-hybridized carbons (Fsp3) is 0.280. The Bertz CT molecular complexity index is 1100. The summed E-state index contributed by atoms with van der Waals surface area (Å²) in [6.45, 7) is 0. The first-order valence-corrected chi connectivity index (χ1v) is 11.0. The van der Waals surface area contributed by atoms with Gasteiger partial charge in [0.25, 0.3) is 5.91 Å². The van der Waals surface area contributed by atoms with E-state index < -0.39 is 17.8 Å². The van der Waals surface area contributed by atoms with Crippen molar-refractivity contribution >= 4 is 17.5 Å². The van der Waals surface area contributed by atoms with Crippen molar-refractivity contribution in [3.05, 3.63) is 84.2 Å². The van der Waals surface area contributed by atoms with E-state index in [9.17, 15) is 19.1 Å². The molecule has 4 rings (SSSR count). The quantitative estimate of drug-likeness (QED) is 0.591. The van der Waals surface area contributed by atoms with Crippen LogP contribution < -0.4 is 10.2 Å². The van der Waals surface area contributed by atoms with Crippen molar-refractivity contribution in [2.75, 3.05) is 4.90 Å². The number of amides is 2. The fourth-order valence-corrected chi connectivity index (χ4v) is 4.14. The molecule has 0 unspecified atom stereocenters. The monoisotopic (exact) mass is 448 g/mol. The number of aromatic hydroxyl groups is 1. The molecule has 3 aromatic rings. The number of carbonyl (C=O) groups excluding carboxylic acids is 2. The number of nitrogens with zero attached hydrogens (tertiary/aromatic N) is 3. The van der Waals surface area contributed by atoms with Gasteiger partial charge in [0, 0.05) is 24.1 Å². The van der Waals surface area contributed by atoms with Crippen molar-refractivity contribution in [1.29, 1.82) is 0 Å². The number of nitrogens with one attached hydrogen (secondary N) is 1. The number of carbonyl (C=O) groups is 2. The molecule has 170 valence electrons. The predicted octanol–water partition coefficient (Wildman–Crippen LogP) is 4.16. The molecular weight excluding hydrogens is 423 g/mol. The Balaban J connectivity index is 1.80. The number of hydrogen-bond acceptors (Lipinski definition) is 5. The molecule has 33 heavy (non-hydrogen) atoms. The highest BCUT2D eigenvalue weighted by Gasteiger charge is 2.35. The third-order valence-electron chi connectivity index (χ3n) is 5.75. The molecular formula is C25H25FN4O3. The topological polar surface area (TPSA) is 95.4 Å².